The number of amides is 3. The Kier molecular flexibility index (Phi) is 6.95. The highest BCUT2D eigenvalue weighted by atomic mass is 79.9. The molecule has 0 unspecified atom stereocenters. The molecule has 1 heterocycles. The SMILES string of the molecule is CCOc1cc(C=C2NC(=O)N(c3ccccc3)C2=O)cc(Br)c1OCc1ccccc1C#N. The topological polar surface area (TPSA) is 91.7 Å². The molecular formula is C26H20BrN3O4. The standard InChI is InChI=1S/C26H20BrN3O4/c1-2-33-23-14-17(12-21(27)24(23)34-16-19-9-7-6-8-18(19)15-28)13-22-25(31)30(26(32)29-22)20-10-4-3-5-11-20/h3-14H,2,16H2,1H3,(H,29,32). The van der Waals surface area contributed by atoms with Gasteiger partial charge in [-0.3, -0.25) is 4.79 Å². The third kappa shape index (κ3) is 4.80. The van der Waals surface area contributed by atoms with E-state index < -0.39 is 11.9 Å². The molecule has 1 saturated heterocycles. The summed E-state index contributed by atoms with van der Waals surface area (Å²) >= 11 is 3.52. The number of imide groups is 1. The number of hydrogen-bond acceptors (Lipinski definition) is 5. The van der Waals surface area contributed by atoms with Gasteiger partial charge in [0.25, 0.3) is 5.91 Å². The predicted molar refractivity (Wildman–Crippen MR) is 131 cm³/mol. The van der Waals surface area contributed by atoms with Crippen molar-refractivity contribution in [1.29, 1.82) is 5.26 Å². The van der Waals surface area contributed by atoms with Gasteiger partial charge in [0.15, 0.2) is 11.5 Å². The molecule has 3 amide bonds. The van der Waals surface area contributed by atoms with E-state index in [1.165, 1.54) is 0 Å². The van der Waals surface area contributed by atoms with Crippen LogP contribution in [0.5, 0.6) is 11.5 Å². The van der Waals surface area contributed by atoms with Crippen LogP contribution in [0.1, 0.15) is 23.6 Å². The number of nitriles is 1. The molecule has 0 spiro atoms. The molecule has 0 atom stereocenters. The summed E-state index contributed by atoms with van der Waals surface area (Å²) in [7, 11) is 0. The summed E-state index contributed by atoms with van der Waals surface area (Å²) in [6.07, 6.45) is 1.59. The van der Waals surface area contributed by atoms with Gasteiger partial charge in [0.1, 0.15) is 12.3 Å². The molecule has 0 saturated carbocycles. The maximum absolute atomic E-state index is 12.9. The monoisotopic (exact) mass is 517 g/mol. The van der Waals surface area contributed by atoms with Gasteiger partial charge in [-0.2, -0.15) is 5.26 Å². The molecule has 3 aromatic carbocycles. The fourth-order valence-electron chi connectivity index (χ4n) is 3.49. The van der Waals surface area contributed by atoms with E-state index in [1.54, 1.807) is 54.6 Å². The van der Waals surface area contributed by atoms with E-state index in [0.717, 1.165) is 10.5 Å². The number of para-hydroxylation sites is 1. The van der Waals surface area contributed by atoms with Gasteiger partial charge in [-0.1, -0.05) is 36.4 Å². The molecule has 1 fully saturated rings. The Hall–Kier alpha value is -4.09. The number of urea groups is 1. The van der Waals surface area contributed by atoms with Crippen LogP contribution in [0, 0.1) is 11.3 Å². The molecule has 3 aromatic rings. The van der Waals surface area contributed by atoms with Crippen LogP contribution in [-0.4, -0.2) is 18.5 Å². The zero-order chi connectivity index (χ0) is 24.1. The van der Waals surface area contributed by atoms with E-state index in [-0.39, 0.29) is 12.3 Å². The number of rotatable bonds is 7. The number of halogens is 1. The molecule has 1 N–H and O–H groups in total. The first-order valence-corrected chi connectivity index (χ1v) is 11.3. The second kappa shape index (κ2) is 10.2. The number of carbonyl (C=O) groups excluding carboxylic acids is 2. The lowest BCUT2D eigenvalue weighted by molar-refractivity contribution is -0.113. The van der Waals surface area contributed by atoms with Crippen LogP contribution < -0.4 is 19.7 Å². The fourth-order valence-corrected chi connectivity index (χ4v) is 4.07. The molecule has 170 valence electrons. The van der Waals surface area contributed by atoms with E-state index in [9.17, 15) is 14.9 Å². The summed E-state index contributed by atoms with van der Waals surface area (Å²) in [5.41, 5.74) is 2.58. The highest BCUT2D eigenvalue weighted by molar-refractivity contribution is 9.10. The number of carbonyl (C=O) groups is 2. The van der Waals surface area contributed by atoms with Crippen molar-refractivity contribution < 1.29 is 19.1 Å². The van der Waals surface area contributed by atoms with Gasteiger partial charge in [0.2, 0.25) is 0 Å². The molecule has 34 heavy (non-hydrogen) atoms. The minimum absolute atomic E-state index is 0.153. The van der Waals surface area contributed by atoms with E-state index in [2.05, 4.69) is 27.3 Å². The number of nitrogens with one attached hydrogen (secondary N) is 1. The zero-order valence-corrected chi connectivity index (χ0v) is 19.8. The third-order valence-corrected chi connectivity index (χ3v) is 5.63. The van der Waals surface area contributed by atoms with Gasteiger partial charge in [-0.05, 0) is 64.8 Å². The maximum atomic E-state index is 12.9. The lowest BCUT2D eigenvalue weighted by atomic mass is 10.1. The van der Waals surface area contributed by atoms with Crippen LogP contribution in [-0.2, 0) is 11.4 Å². The summed E-state index contributed by atoms with van der Waals surface area (Å²) in [4.78, 5) is 26.4. The van der Waals surface area contributed by atoms with Crippen LogP contribution >= 0.6 is 15.9 Å². The van der Waals surface area contributed by atoms with E-state index in [1.807, 2.05) is 25.1 Å². The van der Waals surface area contributed by atoms with Gasteiger partial charge in [0, 0.05) is 5.56 Å². The zero-order valence-electron chi connectivity index (χ0n) is 18.2. The Labute approximate surface area is 205 Å². The predicted octanol–water partition coefficient (Wildman–Crippen LogP) is 5.40. The van der Waals surface area contributed by atoms with Crippen LogP contribution in [0.2, 0.25) is 0 Å². The smallest absolute Gasteiger partial charge is 0.333 e. The Morgan fingerprint density at radius 3 is 2.53 bits per heavy atom. The van der Waals surface area contributed by atoms with Crippen molar-refractivity contribution in [2.75, 3.05) is 11.5 Å². The van der Waals surface area contributed by atoms with Gasteiger partial charge < -0.3 is 14.8 Å². The summed E-state index contributed by atoms with van der Waals surface area (Å²) in [5.74, 6) is 0.498. The molecule has 0 radical (unpaired) electrons. The molecule has 7 nitrogen and oxygen atoms in total. The normalized spacial score (nSPS) is 14.1. The Balaban J connectivity index is 1.61. The molecule has 0 aromatic heterocycles. The molecule has 0 aliphatic carbocycles. The summed E-state index contributed by atoms with van der Waals surface area (Å²) in [6.45, 7) is 2.44. The van der Waals surface area contributed by atoms with Crippen LogP contribution in [0.15, 0.2) is 76.9 Å². The summed E-state index contributed by atoms with van der Waals surface area (Å²) < 4.78 is 12.4. The first-order chi connectivity index (χ1) is 16.5. The Morgan fingerprint density at radius 2 is 1.79 bits per heavy atom. The van der Waals surface area contributed by atoms with Crippen molar-refractivity contribution in [1.82, 2.24) is 5.32 Å². The van der Waals surface area contributed by atoms with Crippen molar-refractivity contribution >= 4 is 39.6 Å². The summed E-state index contributed by atoms with van der Waals surface area (Å²) in [5, 5.41) is 11.9. The van der Waals surface area contributed by atoms with E-state index in [4.69, 9.17) is 9.47 Å². The largest absolute Gasteiger partial charge is 0.490 e. The first kappa shape index (κ1) is 23.1. The molecule has 4 rings (SSSR count). The average molecular weight is 518 g/mol. The quantitative estimate of drug-likeness (QED) is 0.334. The molecular weight excluding hydrogens is 498 g/mol. The second-order valence-electron chi connectivity index (χ2n) is 7.28. The maximum Gasteiger partial charge on any atom is 0.333 e. The van der Waals surface area contributed by atoms with Crippen molar-refractivity contribution in [2.24, 2.45) is 0 Å². The Bertz CT molecular complexity index is 1320. The third-order valence-electron chi connectivity index (χ3n) is 5.05. The van der Waals surface area contributed by atoms with Crippen molar-refractivity contribution in [2.45, 2.75) is 13.5 Å². The van der Waals surface area contributed by atoms with Gasteiger partial charge in [0.05, 0.1) is 28.4 Å². The number of ether oxygens (including phenoxy) is 2. The number of benzene rings is 3. The molecule has 0 bridgehead atoms. The van der Waals surface area contributed by atoms with Crippen molar-refractivity contribution in [3.05, 3.63) is 93.6 Å². The van der Waals surface area contributed by atoms with Gasteiger partial charge >= 0.3 is 6.03 Å². The Morgan fingerprint density at radius 1 is 1.06 bits per heavy atom. The number of nitrogens with zero attached hydrogens (tertiary/aromatic N) is 2. The average Bonchev–Trinajstić information content (AvgIpc) is 3.12. The van der Waals surface area contributed by atoms with Gasteiger partial charge in [-0.25, -0.2) is 9.69 Å². The highest BCUT2D eigenvalue weighted by Gasteiger charge is 2.34. The van der Waals surface area contributed by atoms with Crippen LogP contribution in [0.4, 0.5) is 10.5 Å². The highest BCUT2D eigenvalue weighted by Crippen LogP contribution is 2.38. The number of anilines is 1. The van der Waals surface area contributed by atoms with Crippen molar-refractivity contribution in [3.63, 3.8) is 0 Å². The fraction of sp³-hybridized carbons (Fsp3) is 0.115. The minimum Gasteiger partial charge on any atom is -0.490 e. The van der Waals surface area contributed by atoms with E-state index >= 15 is 0 Å². The van der Waals surface area contributed by atoms with Crippen LogP contribution in [0.25, 0.3) is 6.08 Å². The molecule has 1 aliphatic heterocycles. The minimum atomic E-state index is -0.511. The number of hydrogen-bond donors (Lipinski definition) is 1. The van der Waals surface area contributed by atoms with E-state index in [0.29, 0.717) is 39.4 Å². The van der Waals surface area contributed by atoms with Gasteiger partial charge in [-0.15, -0.1) is 0 Å². The summed E-state index contributed by atoms with van der Waals surface area (Å²) in [6, 6.07) is 21.1. The lowest BCUT2D eigenvalue weighted by Crippen LogP contribution is -2.30. The van der Waals surface area contributed by atoms with Crippen molar-refractivity contribution in [3.8, 4) is 17.6 Å². The molecule has 1 aliphatic rings. The first-order valence-electron chi connectivity index (χ1n) is 10.5. The second-order valence-corrected chi connectivity index (χ2v) is 8.14. The van der Waals surface area contributed by atoms with Crippen LogP contribution in [0.3, 0.4) is 0 Å². The lowest BCUT2D eigenvalue weighted by Gasteiger charge is -2.15. The molecule has 8 heteroatoms.